The summed E-state index contributed by atoms with van der Waals surface area (Å²) < 4.78 is 39.6. The number of hydrogen-bond acceptors (Lipinski definition) is 4. The molecule has 0 atom stereocenters. The molecule has 3 aromatic carbocycles. The zero-order valence-electron chi connectivity index (χ0n) is 20.1. The molecule has 1 fully saturated rings. The van der Waals surface area contributed by atoms with Crippen molar-refractivity contribution < 1.29 is 18.0 Å². The minimum Gasteiger partial charge on any atom is -0.397 e. The van der Waals surface area contributed by atoms with Crippen LogP contribution in [0.4, 0.5) is 30.2 Å². The topological polar surface area (TPSA) is 61.6 Å². The third-order valence-electron chi connectivity index (χ3n) is 6.31. The number of nitrogens with two attached hydrogens (primary N) is 1. The van der Waals surface area contributed by atoms with E-state index in [2.05, 4.69) is 16.8 Å². The Morgan fingerprint density at radius 3 is 2.25 bits per heavy atom. The Morgan fingerprint density at radius 2 is 1.61 bits per heavy atom. The molecule has 0 saturated carbocycles. The van der Waals surface area contributed by atoms with Gasteiger partial charge in [0.2, 0.25) is 0 Å². The molecule has 0 aliphatic carbocycles. The molecular formula is C28H29F3N4O. The van der Waals surface area contributed by atoms with Crippen molar-refractivity contribution >= 4 is 28.5 Å². The van der Waals surface area contributed by atoms with Crippen molar-refractivity contribution in [3.05, 3.63) is 95.6 Å². The van der Waals surface area contributed by atoms with Gasteiger partial charge in [0.05, 0.1) is 16.9 Å². The number of aryl methyl sites for hydroxylation is 1. The molecule has 1 aliphatic heterocycles. The first-order valence-corrected chi connectivity index (χ1v) is 11.7. The number of piperazine rings is 1. The number of hydrogen-bond donors (Lipinski definition) is 2. The van der Waals surface area contributed by atoms with E-state index in [-0.39, 0.29) is 5.91 Å². The lowest BCUT2D eigenvalue weighted by Gasteiger charge is -2.36. The summed E-state index contributed by atoms with van der Waals surface area (Å²) in [6.45, 7) is 9.23. The van der Waals surface area contributed by atoms with Crippen molar-refractivity contribution in [3.63, 3.8) is 0 Å². The Morgan fingerprint density at radius 1 is 0.972 bits per heavy atom. The van der Waals surface area contributed by atoms with Gasteiger partial charge in [0.15, 0.2) is 0 Å². The predicted octanol–water partition coefficient (Wildman–Crippen LogP) is 5.68. The number of anilines is 3. The van der Waals surface area contributed by atoms with E-state index in [9.17, 15) is 18.0 Å². The van der Waals surface area contributed by atoms with Gasteiger partial charge in [-0.25, -0.2) is 0 Å². The summed E-state index contributed by atoms with van der Waals surface area (Å²) in [6.07, 6.45) is -4.36. The van der Waals surface area contributed by atoms with E-state index >= 15 is 0 Å². The van der Waals surface area contributed by atoms with Gasteiger partial charge >= 0.3 is 6.18 Å². The number of nitrogens with one attached hydrogen (secondary N) is 1. The summed E-state index contributed by atoms with van der Waals surface area (Å²) in [5.74, 6) is -0.244. The highest BCUT2D eigenvalue weighted by Crippen LogP contribution is 2.33. The number of halogens is 3. The number of carbonyl (C=O) groups excluding carboxylic acids is 1. The summed E-state index contributed by atoms with van der Waals surface area (Å²) >= 11 is 0. The smallest absolute Gasteiger partial charge is 0.397 e. The van der Waals surface area contributed by atoms with Gasteiger partial charge < -0.3 is 16.0 Å². The average Bonchev–Trinajstić information content (AvgIpc) is 2.85. The summed E-state index contributed by atoms with van der Waals surface area (Å²) in [7, 11) is 0. The zero-order valence-corrected chi connectivity index (χ0v) is 20.1. The summed E-state index contributed by atoms with van der Waals surface area (Å²) in [4.78, 5) is 16.8. The second-order valence-electron chi connectivity index (χ2n) is 9.04. The molecule has 1 amide bonds. The van der Waals surface area contributed by atoms with E-state index < -0.39 is 11.7 Å². The van der Waals surface area contributed by atoms with Crippen LogP contribution in [0.2, 0.25) is 0 Å². The first-order chi connectivity index (χ1) is 17.1. The van der Waals surface area contributed by atoms with E-state index in [0.717, 1.165) is 11.1 Å². The van der Waals surface area contributed by atoms with E-state index in [1.807, 2.05) is 17.0 Å². The first-order valence-electron chi connectivity index (χ1n) is 11.7. The normalized spacial score (nSPS) is 14.5. The molecule has 0 aromatic heterocycles. The van der Waals surface area contributed by atoms with Gasteiger partial charge in [-0.1, -0.05) is 30.8 Å². The number of alkyl halides is 3. The van der Waals surface area contributed by atoms with Crippen molar-refractivity contribution in [2.24, 2.45) is 0 Å². The average molecular weight is 495 g/mol. The van der Waals surface area contributed by atoms with E-state index in [0.29, 0.717) is 60.9 Å². The minimum atomic E-state index is -4.36. The third-order valence-corrected chi connectivity index (χ3v) is 6.31. The number of para-hydroxylation sites is 2. The molecule has 36 heavy (non-hydrogen) atoms. The lowest BCUT2D eigenvalue weighted by atomic mass is 10.0. The first kappa shape index (κ1) is 25.3. The number of amides is 1. The number of rotatable bonds is 6. The van der Waals surface area contributed by atoms with Crippen molar-refractivity contribution in [1.82, 2.24) is 4.90 Å². The molecule has 0 spiro atoms. The monoisotopic (exact) mass is 494 g/mol. The summed E-state index contributed by atoms with van der Waals surface area (Å²) in [6, 6.07) is 18.5. The van der Waals surface area contributed by atoms with E-state index in [1.165, 1.54) is 12.1 Å². The van der Waals surface area contributed by atoms with Crippen LogP contribution in [-0.4, -0.2) is 43.5 Å². The van der Waals surface area contributed by atoms with E-state index in [1.54, 1.807) is 49.4 Å². The zero-order chi connectivity index (χ0) is 25.9. The molecule has 4 rings (SSSR count). The minimum absolute atomic E-state index is 0.244. The quantitative estimate of drug-likeness (QED) is 0.433. The maximum atomic E-state index is 13.2. The van der Waals surface area contributed by atoms with Gasteiger partial charge in [0.25, 0.3) is 5.91 Å². The Balaban J connectivity index is 1.32. The fraction of sp³-hybridized carbons (Fsp3) is 0.250. The Hall–Kier alpha value is -3.78. The largest absolute Gasteiger partial charge is 0.416 e. The van der Waals surface area contributed by atoms with Gasteiger partial charge in [-0.15, -0.1) is 0 Å². The molecule has 188 valence electrons. The molecule has 0 radical (unpaired) electrons. The highest BCUT2D eigenvalue weighted by atomic mass is 19.4. The SMILES string of the molecule is C=C(CN1CCN(c2cc(C)cc(C(F)(F)F)c2)CC1)c1ccc(C(=O)Nc2ccccc2N)cc1. The molecule has 8 heteroatoms. The van der Waals surface area contributed by atoms with Crippen molar-refractivity contribution in [3.8, 4) is 0 Å². The Bertz CT molecular complexity index is 1250. The lowest BCUT2D eigenvalue weighted by Crippen LogP contribution is -2.46. The Labute approximate surface area is 209 Å². The van der Waals surface area contributed by atoms with Crippen LogP contribution in [0.25, 0.3) is 5.57 Å². The summed E-state index contributed by atoms with van der Waals surface area (Å²) in [5, 5.41) is 2.81. The molecule has 3 N–H and O–H groups in total. The molecule has 5 nitrogen and oxygen atoms in total. The molecule has 1 aliphatic rings. The van der Waals surface area contributed by atoms with Crippen LogP contribution < -0.4 is 16.0 Å². The summed E-state index contributed by atoms with van der Waals surface area (Å²) in [5.41, 5.74) is 9.90. The molecular weight excluding hydrogens is 465 g/mol. The van der Waals surface area contributed by atoms with Gasteiger partial charge in [-0.3, -0.25) is 9.69 Å². The van der Waals surface area contributed by atoms with Crippen molar-refractivity contribution in [2.45, 2.75) is 13.1 Å². The van der Waals surface area contributed by atoms with Gasteiger partial charge in [0, 0.05) is 44.0 Å². The van der Waals surface area contributed by atoms with Crippen LogP contribution in [0.5, 0.6) is 0 Å². The maximum absolute atomic E-state index is 13.2. The van der Waals surface area contributed by atoms with Crippen LogP contribution in [0.1, 0.15) is 27.0 Å². The third kappa shape index (κ3) is 6.07. The van der Waals surface area contributed by atoms with Crippen LogP contribution >= 0.6 is 0 Å². The predicted molar refractivity (Wildman–Crippen MR) is 139 cm³/mol. The molecule has 1 saturated heterocycles. The van der Waals surface area contributed by atoms with Crippen molar-refractivity contribution in [2.75, 3.05) is 48.7 Å². The van der Waals surface area contributed by atoms with Gasteiger partial charge in [0.1, 0.15) is 0 Å². The van der Waals surface area contributed by atoms with Gasteiger partial charge in [-0.05, 0) is 66.1 Å². The van der Waals surface area contributed by atoms with Gasteiger partial charge in [-0.2, -0.15) is 13.2 Å². The van der Waals surface area contributed by atoms with Crippen LogP contribution in [0, 0.1) is 6.92 Å². The second-order valence-corrected chi connectivity index (χ2v) is 9.04. The second kappa shape index (κ2) is 10.5. The van der Waals surface area contributed by atoms with E-state index in [4.69, 9.17) is 5.73 Å². The molecule has 0 bridgehead atoms. The van der Waals surface area contributed by atoms with Crippen LogP contribution in [0.15, 0.2) is 73.3 Å². The molecule has 3 aromatic rings. The molecule has 0 unspecified atom stereocenters. The highest BCUT2D eigenvalue weighted by molar-refractivity contribution is 6.05. The highest BCUT2D eigenvalue weighted by Gasteiger charge is 2.31. The number of nitrogen functional groups attached to an aromatic ring is 1. The van der Waals surface area contributed by atoms with Crippen LogP contribution in [-0.2, 0) is 6.18 Å². The number of benzene rings is 3. The van der Waals surface area contributed by atoms with Crippen molar-refractivity contribution in [1.29, 1.82) is 0 Å². The number of nitrogens with zero attached hydrogens (tertiary/aromatic N) is 2. The lowest BCUT2D eigenvalue weighted by molar-refractivity contribution is -0.137. The fourth-order valence-corrected chi connectivity index (χ4v) is 4.30. The fourth-order valence-electron chi connectivity index (χ4n) is 4.30. The Kier molecular flexibility index (Phi) is 7.35. The molecule has 1 heterocycles. The number of carbonyl (C=O) groups is 1. The maximum Gasteiger partial charge on any atom is 0.416 e. The van der Waals surface area contributed by atoms with Crippen LogP contribution in [0.3, 0.4) is 0 Å². The standard InChI is InChI=1S/C28H29F3N4O/c1-19-15-23(28(29,30)31)17-24(16-19)35-13-11-34(12-14-35)18-20(2)21-7-9-22(10-8-21)27(36)33-26-6-4-3-5-25(26)32/h3-10,15-17H,2,11-14,18,32H2,1H3,(H,33,36).